The Kier molecular flexibility index (Phi) is 4.99. The molecule has 0 aromatic heterocycles. The Hall–Kier alpha value is -2.98. The highest BCUT2D eigenvalue weighted by atomic mass is 35.5. The summed E-state index contributed by atoms with van der Waals surface area (Å²) in [5.74, 6) is -0.0552. The summed E-state index contributed by atoms with van der Waals surface area (Å²) < 4.78 is 0. The number of hydrogen-bond donors (Lipinski definition) is 2. The lowest BCUT2D eigenvalue weighted by Crippen LogP contribution is -2.48. The van der Waals surface area contributed by atoms with E-state index in [0.717, 1.165) is 23.4 Å². The second-order valence-electron chi connectivity index (χ2n) is 6.45. The summed E-state index contributed by atoms with van der Waals surface area (Å²) in [4.78, 5) is 14.8. The molecule has 0 radical (unpaired) electrons. The van der Waals surface area contributed by atoms with Crippen LogP contribution in [0.5, 0.6) is 0 Å². The second-order valence-corrected chi connectivity index (χ2v) is 6.89. The molecule has 0 saturated heterocycles. The average Bonchev–Trinajstić information content (AvgIpc) is 3.09. The minimum Gasteiger partial charge on any atom is -0.355 e. The minimum absolute atomic E-state index is 0.0552. The van der Waals surface area contributed by atoms with Gasteiger partial charge >= 0.3 is 0 Å². The van der Waals surface area contributed by atoms with Gasteiger partial charge in [-0.25, -0.2) is 0 Å². The van der Waals surface area contributed by atoms with Gasteiger partial charge in [-0.1, -0.05) is 60.1 Å². The monoisotopic (exact) mass is 377 g/mol. The zero-order valence-electron chi connectivity index (χ0n) is 14.7. The van der Waals surface area contributed by atoms with E-state index < -0.39 is 6.17 Å². The fourth-order valence-electron chi connectivity index (χ4n) is 3.31. The summed E-state index contributed by atoms with van der Waals surface area (Å²) in [7, 11) is 0. The van der Waals surface area contributed by atoms with Crippen LogP contribution in [0.25, 0.3) is 5.70 Å². The lowest BCUT2D eigenvalue weighted by Gasteiger charge is -2.24. The smallest absolute Gasteiger partial charge is 0.263 e. The Balaban J connectivity index is 1.47. The van der Waals surface area contributed by atoms with Gasteiger partial charge in [0.2, 0.25) is 0 Å². The number of amides is 1. The number of hydrogen-bond acceptors (Lipinski definition) is 3. The first-order valence-electron chi connectivity index (χ1n) is 8.94. The van der Waals surface area contributed by atoms with Crippen LogP contribution in [-0.2, 0) is 11.2 Å². The van der Waals surface area contributed by atoms with Gasteiger partial charge in [-0.3, -0.25) is 4.79 Å². The van der Waals surface area contributed by atoms with Crippen molar-refractivity contribution >= 4 is 23.2 Å². The molecular formula is C22H20ClN3O. The molecule has 2 aromatic rings. The summed E-state index contributed by atoms with van der Waals surface area (Å²) in [6.45, 7) is 0.594. The fourth-order valence-corrected chi connectivity index (χ4v) is 3.50. The molecule has 0 fully saturated rings. The molecular weight excluding hydrogens is 358 g/mol. The molecule has 2 heterocycles. The van der Waals surface area contributed by atoms with Crippen molar-refractivity contribution in [3.8, 4) is 0 Å². The standard InChI is InChI=1S/C22H20ClN3O/c23-18-10-6-9-17(15-18)20-19-11-4-5-14-26(19)21(25-20)22(27)24-13-12-16-7-2-1-3-8-16/h1-11,14-15,21,25H,12-13H2,(H,24,27). The van der Waals surface area contributed by atoms with E-state index >= 15 is 0 Å². The number of nitrogens with one attached hydrogen (secondary N) is 2. The Morgan fingerprint density at radius 2 is 1.96 bits per heavy atom. The molecule has 0 bridgehead atoms. The summed E-state index contributed by atoms with van der Waals surface area (Å²) in [6.07, 6.45) is 8.13. The van der Waals surface area contributed by atoms with Crippen molar-refractivity contribution in [3.63, 3.8) is 0 Å². The third-order valence-electron chi connectivity index (χ3n) is 4.62. The molecule has 2 N–H and O–H groups in total. The van der Waals surface area contributed by atoms with Crippen LogP contribution >= 0.6 is 11.6 Å². The number of allylic oxidation sites excluding steroid dienone is 3. The number of carbonyl (C=O) groups is 1. The first kappa shape index (κ1) is 17.4. The number of benzene rings is 2. The third kappa shape index (κ3) is 3.76. The fraction of sp³-hybridized carbons (Fsp3) is 0.136. The van der Waals surface area contributed by atoms with Crippen molar-refractivity contribution in [2.24, 2.45) is 0 Å². The van der Waals surface area contributed by atoms with Crippen molar-refractivity contribution in [1.82, 2.24) is 15.5 Å². The van der Waals surface area contributed by atoms with E-state index in [1.165, 1.54) is 5.56 Å². The van der Waals surface area contributed by atoms with Crippen LogP contribution in [0.1, 0.15) is 11.1 Å². The molecule has 0 saturated carbocycles. The lowest BCUT2D eigenvalue weighted by molar-refractivity contribution is -0.125. The molecule has 2 aliphatic rings. The molecule has 27 heavy (non-hydrogen) atoms. The van der Waals surface area contributed by atoms with Crippen LogP contribution in [0.2, 0.25) is 5.02 Å². The summed E-state index contributed by atoms with van der Waals surface area (Å²) in [6, 6.07) is 17.8. The molecule has 2 aliphatic heterocycles. The second kappa shape index (κ2) is 7.72. The number of halogens is 1. The van der Waals surface area contributed by atoms with Crippen LogP contribution in [0, 0.1) is 0 Å². The van der Waals surface area contributed by atoms with Crippen molar-refractivity contribution < 1.29 is 4.79 Å². The Morgan fingerprint density at radius 1 is 1.11 bits per heavy atom. The highest BCUT2D eigenvalue weighted by Crippen LogP contribution is 2.31. The van der Waals surface area contributed by atoms with Crippen LogP contribution < -0.4 is 10.6 Å². The van der Waals surface area contributed by atoms with Crippen LogP contribution in [0.3, 0.4) is 0 Å². The van der Waals surface area contributed by atoms with Gasteiger partial charge in [0.05, 0.1) is 11.4 Å². The molecule has 1 atom stereocenters. The largest absolute Gasteiger partial charge is 0.355 e. The molecule has 0 aliphatic carbocycles. The topological polar surface area (TPSA) is 44.4 Å². The van der Waals surface area contributed by atoms with Gasteiger partial charge in [0.15, 0.2) is 6.17 Å². The lowest BCUT2D eigenvalue weighted by atomic mass is 10.1. The van der Waals surface area contributed by atoms with Crippen LogP contribution in [0.4, 0.5) is 0 Å². The van der Waals surface area contributed by atoms with Gasteiger partial charge in [-0.2, -0.15) is 0 Å². The van der Waals surface area contributed by atoms with Gasteiger partial charge < -0.3 is 15.5 Å². The van der Waals surface area contributed by atoms with E-state index in [-0.39, 0.29) is 5.91 Å². The molecule has 1 unspecified atom stereocenters. The highest BCUT2D eigenvalue weighted by Gasteiger charge is 2.34. The molecule has 2 aromatic carbocycles. The maximum absolute atomic E-state index is 12.8. The third-order valence-corrected chi connectivity index (χ3v) is 4.86. The van der Waals surface area contributed by atoms with E-state index in [1.807, 2.05) is 71.8 Å². The Labute approximate surface area is 163 Å². The van der Waals surface area contributed by atoms with E-state index in [9.17, 15) is 4.79 Å². The van der Waals surface area contributed by atoms with Crippen LogP contribution in [0.15, 0.2) is 84.7 Å². The summed E-state index contributed by atoms with van der Waals surface area (Å²) in [5, 5.41) is 7.06. The van der Waals surface area contributed by atoms with Crippen molar-refractivity contribution in [3.05, 3.63) is 101 Å². The minimum atomic E-state index is -0.481. The Morgan fingerprint density at radius 3 is 2.78 bits per heavy atom. The van der Waals surface area contributed by atoms with Crippen molar-refractivity contribution in [2.75, 3.05) is 6.54 Å². The maximum Gasteiger partial charge on any atom is 0.263 e. The summed E-state index contributed by atoms with van der Waals surface area (Å²) >= 11 is 6.15. The molecule has 0 spiro atoms. The van der Waals surface area contributed by atoms with E-state index in [0.29, 0.717) is 11.6 Å². The average molecular weight is 378 g/mol. The van der Waals surface area contributed by atoms with Gasteiger partial charge in [-0.15, -0.1) is 0 Å². The van der Waals surface area contributed by atoms with Crippen molar-refractivity contribution in [1.29, 1.82) is 0 Å². The van der Waals surface area contributed by atoms with E-state index in [1.54, 1.807) is 0 Å². The van der Waals surface area contributed by atoms with Gasteiger partial charge in [0.25, 0.3) is 5.91 Å². The highest BCUT2D eigenvalue weighted by molar-refractivity contribution is 6.30. The van der Waals surface area contributed by atoms with Gasteiger partial charge in [0, 0.05) is 23.3 Å². The molecule has 5 heteroatoms. The first-order chi connectivity index (χ1) is 13.2. The van der Waals surface area contributed by atoms with Crippen molar-refractivity contribution in [2.45, 2.75) is 12.6 Å². The normalized spacial score (nSPS) is 17.7. The first-order valence-corrected chi connectivity index (χ1v) is 9.32. The molecule has 4 rings (SSSR count). The number of carbonyl (C=O) groups excluding carboxylic acids is 1. The number of fused-ring (bicyclic) bond motifs is 1. The summed E-state index contributed by atoms with van der Waals surface area (Å²) in [5.41, 5.74) is 4.03. The SMILES string of the molecule is O=C(NCCc1ccccc1)C1NC(c2cccc(Cl)c2)=C2C=CC=CN21. The van der Waals surface area contributed by atoms with E-state index in [2.05, 4.69) is 22.8 Å². The predicted octanol–water partition coefficient (Wildman–Crippen LogP) is 3.68. The molecule has 4 nitrogen and oxygen atoms in total. The quantitative estimate of drug-likeness (QED) is 0.835. The van der Waals surface area contributed by atoms with Gasteiger partial charge in [-0.05, 0) is 36.3 Å². The van der Waals surface area contributed by atoms with Gasteiger partial charge in [0.1, 0.15) is 0 Å². The zero-order valence-corrected chi connectivity index (χ0v) is 15.5. The zero-order chi connectivity index (χ0) is 18.6. The number of nitrogens with zero attached hydrogens (tertiary/aromatic N) is 1. The maximum atomic E-state index is 12.8. The van der Waals surface area contributed by atoms with Crippen LogP contribution in [-0.4, -0.2) is 23.5 Å². The Bertz CT molecular complexity index is 934. The number of rotatable bonds is 5. The molecule has 136 valence electrons. The molecule has 1 amide bonds. The predicted molar refractivity (Wildman–Crippen MR) is 109 cm³/mol. The van der Waals surface area contributed by atoms with E-state index in [4.69, 9.17) is 11.6 Å².